The highest BCUT2D eigenvalue weighted by atomic mass is 19.1. The number of likely N-dealkylation sites (tertiary alicyclic amines) is 2. The van der Waals surface area contributed by atoms with Crippen LogP contribution in [0.3, 0.4) is 0 Å². The molecular formula is C15H30FN3O. The van der Waals surface area contributed by atoms with Crippen molar-refractivity contribution in [2.24, 2.45) is 0 Å². The molecule has 1 N–H and O–H groups in total. The summed E-state index contributed by atoms with van der Waals surface area (Å²) in [6, 6.07) is 1.08. The Labute approximate surface area is 122 Å². The minimum atomic E-state index is -1.49. The van der Waals surface area contributed by atoms with Crippen LogP contribution in [-0.2, 0) is 4.79 Å². The molecule has 0 aromatic heterocycles. The number of nitrogens with zero attached hydrogens (tertiary/aromatic N) is 2. The van der Waals surface area contributed by atoms with Gasteiger partial charge in [-0.15, -0.1) is 0 Å². The van der Waals surface area contributed by atoms with Gasteiger partial charge in [-0.1, -0.05) is 13.8 Å². The SMILES string of the molecule is CC.CC(=O)NC1(F)CN(C2CCN(C(C)C)CC2)C1. The van der Waals surface area contributed by atoms with Gasteiger partial charge in [-0.2, -0.15) is 0 Å². The lowest BCUT2D eigenvalue weighted by Crippen LogP contribution is -2.70. The molecule has 0 unspecified atom stereocenters. The van der Waals surface area contributed by atoms with Gasteiger partial charge in [-0.3, -0.25) is 9.69 Å². The topological polar surface area (TPSA) is 35.6 Å². The number of amides is 1. The molecule has 5 heteroatoms. The highest BCUT2D eigenvalue weighted by Crippen LogP contribution is 2.29. The fraction of sp³-hybridized carbons (Fsp3) is 0.933. The number of carbonyl (C=O) groups excluding carboxylic acids is 1. The van der Waals surface area contributed by atoms with Crippen LogP contribution in [0.5, 0.6) is 0 Å². The largest absolute Gasteiger partial charge is 0.322 e. The fourth-order valence-corrected chi connectivity index (χ4v) is 3.02. The van der Waals surface area contributed by atoms with Crippen molar-refractivity contribution in [3.63, 3.8) is 0 Å². The van der Waals surface area contributed by atoms with Gasteiger partial charge >= 0.3 is 0 Å². The van der Waals surface area contributed by atoms with Crippen LogP contribution in [-0.4, -0.2) is 59.8 Å². The molecule has 2 aliphatic heterocycles. The molecule has 2 rings (SSSR count). The van der Waals surface area contributed by atoms with Crippen LogP contribution in [0.15, 0.2) is 0 Å². The second-order valence-electron chi connectivity index (χ2n) is 5.91. The maximum atomic E-state index is 14.0. The summed E-state index contributed by atoms with van der Waals surface area (Å²) in [4.78, 5) is 15.5. The predicted molar refractivity (Wildman–Crippen MR) is 80.3 cm³/mol. The molecule has 2 saturated heterocycles. The first-order valence-corrected chi connectivity index (χ1v) is 7.85. The zero-order valence-corrected chi connectivity index (χ0v) is 13.6. The van der Waals surface area contributed by atoms with Crippen molar-refractivity contribution < 1.29 is 9.18 Å². The van der Waals surface area contributed by atoms with E-state index in [9.17, 15) is 9.18 Å². The van der Waals surface area contributed by atoms with Crippen molar-refractivity contribution >= 4 is 5.91 Å². The summed E-state index contributed by atoms with van der Waals surface area (Å²) in [6.45, 7) is 12.7. The lowest BCUT2D eigenvalue weighted by Gasteiger charge is -2.50. The third-order valence-electron chi connectivity index (χ3n) is 4.05. The normalized spacial score (nSPS) is 23.8. The van der Waals surface area contributed by atoms with Gasteiger partial charge in [-0.25, -0.2) is 4.39 Å². The monoisotopic (exact) mass is 287 g/mol. The van der Waals surface area contributed by atoms with Crippen LogP contribution in [0, 0.1) is 0 Å². The highest BCUT2D eigenvalue weighted by molar-refractivity contribution is 5.73. The molecule has 2 fully saturated rings. The lowest BCUT2D eigenvalue weighted by molar-refractivity contribution is -0.135. The van der Waals surface area contributed by atoms with Crippen molar-refractivity contribution in [2.75, 3.05) is 26.2 Å². The van der Waals surface area contributed by atoms with E-state index < -0.39 is 5.79 Å². The van der Waals surface area contributed by atoms with Gasteiger partial charge in [0.2, 0.25) is 11.7 Å². The first kappa shape index (κ1) is 17.4. The maximum absolute atomic E-state index is 14.0. The molecule has 0 bridgehead atoms. The van der Waals surface area contributed by atoms with Crippen LogP contribution in [0.1, 0.15) is 47.5 Å². The van der Waals surface area contributed by atoms with Gasteiger partial charge in [0, 0.05) is 19.0 Å². The number of nitrogens with one attached hydrogen (secondary N) is 1. The summed E-state index contributed by atoms with van der Waals surface area (Å²) in [6.07, 6.45) is 2.21. The second kappa shape index (κ2) is 7.36. The Morgan fingerprint density at radius 2 is 1.75 bits per heavy atom. The van der Waals surface area contributed by atoms with E-state index in [0.29, 0.717) is 25.2 Å². The molecule has 4 nitrogen and oxygen atoms in total. The average molecular weight is 287 g/mol. The fourth-order valence-electron chi connectivity index (χ4n) is 3.02. The van der Waals surface area contributed by atoms with Gasteiger partial charge in [0.25, 0.3) is 0 Å². The molecule has 2 heterocycles. The number of hydrogen-bond donors (Lipinski definition) is 1. The smallest absolute Gasteiger partial charge is 0.219 e. The van der Waals surface area contributed by atoms with Crippen LogP contribution in [0.25, 0.3) is 0 Å². The molecule has 118 valence electrons. The van der Waals surface area contributed by atoms with Crippen molar-refractivity contribution in [3.05, 3.63) is 0 Å². The third kappa shape index (κ3) is 4.42. The molecule has 2 aliphatic rings. The van der Waals surface area contributed by atoms with Crippen molar-refractivity contribution in [3.8, 4) is 0 Å². The zero-order chi connectivity index (χ0) is 15.3. The molecule has 1 amide bonds. The molecule has 0 atom stereocenters. The molecule has 0 radical (unpaired) electrons. The minimum Gasteiger partial charge on any atom is -0.322 e. The second-order valence-corrected chi connectivity index (χ2v) is 5.91. The number of hydrogen-bond acceptors (Lipinski definition) is 3. The predicted octanol–water partition coefficient (Wildman–Crippen LogP) is 2.00. The molecule has 0 aliphatic carbocycles. The van der Waals surface area contributed by atoms with E-state index in [-0.39, 0.29) is 5.91 Å². The van der Waals surface area contributed by atoms with Gasteiger partial charge in [0.15, 0.2) is 0 Å². The van der Waals surface area contributed by atoms with E-state index in [1.807, 2.05) is 13.8 Å². The maximum Gasteiger partial charge on any atom is 0.219 e. The van der Waals surface area contributed by atoms with Crippen LogP contribution >= 0.6 is 0 Å². The lowest BCUT2D eigenvalue weighted by atomic mass is 9.95. The van der Waals surface area contributed by atoms with E-state index >= 15 is 0 Å². The van der Waals surface area contributed by atoms with Gasteiger partial charge in [0.05, 0.1) is 13.1 Å². The number of alkyl halides is 1. The molecule has 0 aromatic carbocycles. The minimum absolute atomic E-state index is 0.285. The summed E-state index contributed by atoms with van der Waals surface area (Å²) in [5.74, 6) is -1.77. The summed E-state index contributed by atoms with van der Waals surface area (Å²) in [5.41, 5.74) is 0. The Morgan fingerprint density at radius 3 is 2.15 bits per heavy atom. The zero-order valence-electron chi connectivity index (χ0n) is 13.6. The van der Waals surface area contributed by atoms with Gasteiger partial charge in [-0.05, 0) is 39.8 Å². The summed E-state index contributed by atoms with van der Waals surface area (Å²) < 4.78 is 14.0. The summed E-state index contributed by atoms with van der Waals surface area (Å²) in [7, 11) is 0. The molecule has 0 saturated carbocycles. The number of rotatable bonds is 3. The molecule has 0 aromatic rings. The van der Waals surface area contributed by atoms with E-state index in [1.54, 1.807) is 0 Å². The Hall–Kier alpha value is -0.680. The number of piperidine rings is 1. The summed E-state index contributed by atoms with van der Waals surface area (Å²) >= 11 is 0. The number of halogens is 1. The van der Waals surface area contributed by atoms with Crippen molar-refractivity contribution in [2.45, 2.75) is 65.3 Å². The van der Waals surface area contributed by atoms with Crippen molar-refractivity contribution in [1.82, 2.24) is 15.1 Å². The Balaban J connectivity index is 0.000000956. The third-order valence-corrected chi connectivity index (χ3v) is 4.05. The highest BCUT2D eigenvalue weighted by Gasteiger charge is 2.47. The summed E-state index contributed by atoms with van der Waals surface area (Å²) in [5, 5.41) is 2.39. The number of carbonyl (C=O) groups is 1. The van der Waals surface area contributed by atoms with Crippen molar-refractivity contribution in [1.29, 1.82) is 0 Å². The standard InChI is InChI=1S/C13H24FN3O.C2H6/c1-10(2)16-6-4-12(5-7-16)17-8-13(14,9-17)15-11(3)18;1-2/h10,12H,4-9H2,1-3H3,(H,15,18);1-2H3. The van der Waals surface area contributed by atoms with E-state index in [4.69, 9.17) is 0 Å². The van der Waals surface area contributed by atoms with Gasteiger partial charge < -0.3 is 10.2 Å². The Morgan fingerprint density at radius 1 is 1.25 bits per heavy atom. The Bertz CT molecular complexity index is 308. The molecular weight excluding hydrogens is 257 g/mol. The van der Waals surface area contributed by atoms with Gasteiger partial charge in [0.1, 0.15) is 0 Å². The van der Waals surface area contributed by atoms with E-state index in [1.165, 1.54) is 6.92 Å². The van der Waals surface area contributed by atoms with Crippen LogP contribution in [0.4, 0.5) is 4.39 Å². The Kier molecular flexibility index (Phi) is 6.40. The van der Waals surface area contributed by atoms with Crippen LogP contribution in [0.2, 0.25) is 0 Å². The molecule has 0 spiro atoms. The first-order valence-electron chi connectivity index (χ1n) is 7.85. The quantitative estimate of drug-likeness (QED) is 0.807. The average Bonchev–Trinajstić information content (AvgIpc) is 2.37. The van der Waals surface area contributed by atoms with E-state index in [2.05, 4.69) is 29.0 Å². The first-order chi connectivity index (χ1) is 9.39. The molecule has 20 heavy (non-hydrogen) atoms. The van der Waals surface area contributed by atoms with Crippen LogP contribution < -0.4 is 5.32 Å². The van der Waals surface area contributed by atoms with E-state index in [0.717, 1.165) is 25.9 Å².